The molecule has 3 unspecified atom stereocenters. The monoisotopic (exact) mass is 387 g/mol. The Kier molecular flexibility index (Phi) is 5.92. The van der Waals surface area contributed by atoms with E-state index in [0.29, 0.717) is 17.4 Å². The van der Waals surface area contributed by atoms with Gasteiger partial charge in [-0.3, -0.25) is 4.79 Å². The molecule has 0 radical (unpaired) electrons. The molecule has 5 nitrogen and oxygen atoms in total. The van der Waals surface area contributed by atoms with E-state index in [9.17, 15) is 4.79 Å². The van der Waals surface area contributed by atoms with Crippen LogP contribution in [-0.4, -0.2) is 37.0 Å². The first-order chi connectivity index (χ1) is 12.7. The lowest BCUT2D eigenvalue weighted by molar-refractivity contribution is 0.0780. The van der Waals surface area contributed by atoms with Crippen LogP contribution in [-0.2, 0) is 0 Å². The van der Waals surface area contributed by atoms with E-state index in [4.69, 9.17) is 10.5 Å². The predicted molar refractivity (Wildman–Crippen MR) is 110 cm³/mol. The van der Waals surface area contributed by atoms with E-state index >= 15 is 0 Å². The van der Waals surface area contributed by atoms with Crippen molar-refractivity contribution in [3.8, 4) is 5.75 Å². The fourth-order valence-corrected chi connectivity index (χ4v) is 4.25. The highest BCUT2D eigenvalue weighted by Crippen LogP contribution is 2.38. The number of benzene rings is 2. The van der Waals surface area contributed by atoms with E-state index in [-0.39, 0.29) is 24.4 Å². The Morgan fingerprint density at radius 3 is 2.56 bits per heavy atom. The second-order valence-corrected chi connectivity index (χ2v) is 7.27. The van der Waals surface area contributed by atoms with Crippen molar-refractivity contribution < 1.29 is 9.53 Å². The Balaban J connectivity index is 0.00000210. The van der Waals surface area contributed by atoms with Gasteiger partial charge in [-0.05, 0) is 61.1 Å². The molecule has 1 amide bonds. The van der Waals surface area contributed by atoms with Crippen LogP contribution in [0.25, 0.3) is 0 Å². The lowest BCUT2D eigenvalue weighted by Crippen LogP contribution is -2.33. The van der Waals surface area contributed by atoms with E-state index < -0.39 is 0 Å². The smallest absolute Gasteiger partial charge is 0.255 e. The van der Waals surface area contributed by atoms with Gasteiger partial charge in [0.2, 0.25) is 0 Å². The van der Waals surface area contributed by atoms with E-state index in [1.165, 1.54) is 0 Å². The number of rotatable bonds is 4. The van der Waals surface area contributed by atoms with Crippen LogP contribution in [0.15, 0.2) is 48.5 Å². The Morgan fingerprint density at radius 1 is 1.11 bits per heavy atom. The molecule has 2 fully saturated rings. The van der Waals surface area contributed by atoms with Gasteiger partial charge in [0.25, 0.3) is 5.91 Å². The zero-order valence-corrected chi connectivity index (χ0v) is 16.2. The van der Waals surface area contributed by atoms with Gasteiger partial charge in [-0.15, -0.1) is 12.4 Å². The predicted octanol–water partition coefficient (Wildman–Crippen LogP) is 3.67. The third-order valence-electron chi connectivity index (χ3n) is 5.73. The van der Waals surface area contributed by atoms with Gasteiger partial charge in [0.05, 0.1) is 18.4 Å². The molecule has 27 heavy (non-hydrogen) atoms. The summed E-state index contributed by atoms with van der Waals surface area (Å²) in [5, 5.41) is 3.36. The summed E-state index contributed by atoms with van der Waals surface area (Å²) in [4.78, 5) is 15.1. The van der Waals surface area contributed by atoms with Crippen LogP contribution in [0.1, 0.15) is 23.2 Å². The molecule has 0 bridgehead atoms. The van der Waals surface area contributed by atoms with Crippen molar-refractivity contribution in [2.75, 3.05) is 25.5 Å². The molecule has 1 aliphatic heterocycles. The van der Waals surface area contributed by atoms with E-state index in [0.717, 1.165) is 43.1 Å². The summed E-state index contributed by atoms with van der Waals surface area (Å²) in [5.74, 6) is 1.92. The molecule has 3 N–H and O–H groups in total. The number of para-hydroxylation sites is 1. The number of fused-ring (bicyclic) bond motifs is 1. The maximum atomic E-state index is 13.1. The number of nitrogens with one attached hydrogen (secondary N) is 1. The second kappa shape index (κ2) is 8.19. The number of amides is 1. The summed E-state index contributed by atoms with van der Waals surface area (Å²) < 4.78 is 5.19. The van der Waals surface area contributed by atoms with Crippen LogP contribution in [0.3, 0.4) is 0 Å². The summed E-state index contributed by atoms with van der Waals surface area (Å²) in [6, 6.07) is 15.6. The highest BCUT2D eigenvalue weighted by atomic mass is 35.5. The number of halogens is 1. The summed E-state index contributed by atoms with van der Waals surface area (Å²) in [6.45, 7) is 1.61. The number of hydrogen-bond acceptors (Lipinski definition) is 4. The zero-order valence-electron chi connectivity index (χ0n) is 15.4. The number of hydrogen-bond donors (Lipinski definition) is 2. The van der Waals surface area contributed by atoms with Crippen molar-refractivity contribution in [1.29, 1.82) is 0 Å². The molecule has 0 spiro atoms. The quantitative estimate of drug-likeness (QED) is 0.839. The number of ether oxygens (including phenoxy) is 1. The minimum absolute atomic E-state index is 0. The third kappa shape index (κ3) is 3.89. The summed E-state index contributed by atoms with van der Waals surface area (Å²) in [6.07, 6.45) is 2.23. The van der Waals surface area contributed by atoms with E-state index in [1.807, 2.05) is 53.4 Å². The zero-order chi connectivity index (χ0) is 18.1. The first-order valence-electron chi connectivity index (χ1n) is 9.20. The van der Waals surface area contributed by atoms with Crippen LogP contribution in [0, 0.1) is 11.8 Å². The van der Waals surface area contributed by atoms with Crippen LogP contribution in [0.2, 0.25) is 0 Å². The minimum Gasteiger partial charge on any atom is -0.497 e. The Labute approximate surface area is 166 Å². The fraction of sp³-hybridized carbons (Fsp3) is 0.381. The summed E-state index contributed by atoms with van der Waals surface area (Å²) in [7, 11) is 1.65. The average Bonchev–Trinajstić information content (AvgIpc) is 3.24. The van der Waals surface area contributed by atoms with Crippen LogP contribution in [0.4, 0.5) is 11.4 Å². The van der Waals surface area contributed by atoms with Gasteiger partial charge in [0, 0.05) is 24.8 Å². The van der Waals surface area contributed by atoms with Gasteiger partial charge >= 0.3 is 0 Å². The molecule has 4 rings (SSSR count). The first-order valence-corrected chi connectivity index (χ1v) is 9.20. The molecule has 1 saturated carbocycles. The number of nitrogens with zero attached hydrogens (tertiary/aromatic N) is 1. The normalized spacial score (nSPS) is 23.5. The average molecular weight is 388 g/mol. The third-order valence-corrected chi connectivity index (χ3v) is 5.73. The molecule has 3 atom stereocenters. The number of carbonyl (C=O) groups excluding carboxylic acids is 1. The largest absolute Gasteiger partial charge is 0.497 e. The first kappa shape index (κ1) is 19.5. The SMILES string of the molecule is COc1ccc(Nc2ccccc2C(=O)N2CC3CCC(N)C3C2)cc1.Cl. The molecule has 1 heterocycles. The van der Waals surface area contributed by atoms with Crippen molar-refractivity contribution in [2.45, 2.75) is 18.9 Å². The second-order valence-electron chi connectivity index (χ2n) is 7.27. The maximum absolute atomic E-state index is 13.1. The Bertz CT molecular complexity index is 796. The molecule has 6 heteroatoms. The van der Waals surface area contributed by atoms with Gasteiger partial charge in [-0.1, -0.05) is 12.1 Å². The summed E-state index contributed by atoms with van der Waals surface area (Å²) >= 11 is 0. The topological polar surface area (TPSA) is 67.6 Å². The van der Waals surface area contributed by atoms with Crippen molar-refractivity contribution in [1.82, 2.24) is 4.90 Å². The number of methoxy groups -OCH3 is 1. The Morgan fingerprint density at radius 2 is 1.85 bits per heavy atom. The van der Waals surface area contributed by atoms with Crippen LogP contribution in [0.5, 0.6) is 5.75 Å². The van der Waals surface area contributed by atoms with E-state index in [2.05, 4.69) is 5.32 Å². The van der Waals surface area contributed by atoms with Crippen molar-refractivity contribution in [2.24, 2.45) is 17.6 Å². The molecule has 2 aliphatic rings. The summed E-state index contributed by atoms with van der Waals surface area (Å²) in [5.41, 5.74) is 8.67. The van der Waals surface area contributed by atoms with E-state index in [1.54, 1.807) is 7.11 Å². The highest BCUT2D eigenvalue weighted by molar-refractivity contribution is 6.00. The fourth-order valence-electron chi connectivity index (χ4n) is 4.25. The van der Waals surface area contributed by atoms with Gasteiger partial charge in [0.15, 0.2) is 0 Å². The standard InChI is InChI=1S/C21H25N3O2.ClH/c1-26-16-9-7-15(8-10-16)23-20-5-3-2-4-17(20)21(25)24-12-14-6-11-19(22)18(14)13-24;/h2-5,7-10,14,18-19,23H,6,11-13,22H2,1H3;1H. The van der Waals surface area contributed by atoms with Crippen molar-refractivity contribution in [3.63, 3.8) is 0 Å². The van der Waals surface area contributed by atoms with Gasteiger partial charge in [-0.25, -0.2) is 0 Å². The molecule has 1 aliphatic carbocycles. The van der Waals surface area contributed by atoms with Crippen LogP contribution < -0.4 is 15.8 Å². The van der Waals surface area contributed by atoms with Crippen LogP contribution >= 0.6 is 12.4 Å². The number of anilines is 2. The molecular formula is C21H26ClN3O2. The molecular weight excluding hydrogens is 362 g/mol. The lowest BCUT2D eigenvalue weighted by Gasteiger charge is -2.21. The van der Waals surface area contributed by atoms with Crippen molar-refractivity contribution >= 4 is 29.7 Å². The molecule has 0 aromatic heterocycles. The molecule has 2 aromatic carbocycles. The maximum Gasteiger partial charge on any atom is 0.255 e. The lowest BCUT2D eigenvalue weighted by atomic mass is 9.98. The molecule has 144 valence electrons. The number of nitrogens with two attached hydrogens (primary N) is 1. The Hall–Kier alpha value is -2.24. The van der Waals surface area contributed by atoms with Gasteiger partial charge in [0.1, 0.15) is 5.75 Å². The molecule has 1 saturated heterocycles. The van der Waals surface area contributed by atoms with Gasteiger partial charge in [-0.2, -0.15) is 0 Å². The van der Waals surface area contributed by atoms with Gasteiger partial charge < -0.3 is 20.7 Å². The highest BCUT2D eigenvalue weighted by Gasteiger charge is 2.42. The number of likely N-dealkylation sites (tertiary alicyclic amines) is 1. The number of carbonyl (C=O) groups is 1. The molecule has 2 aromatic rings. The van der Waals surface area contributed by atoms with Crippen molar-refractivity contribution in [3.05, 3.63) is 54.1 Å². The minimum atomic E-state index is 0.